The summed E-state index contributed by atoms with van der Waals surface area (Å²) in [5.41, 5.74) is 2.69. The molecule has 1 atom stereocenters. The minimum atomic E-state index is -2.14. The van der Waals surface area contributed by atoms with Crippen molar-refractivity contribution in [2.45, 2.75) is 18.9 Å². The number of amides is 1. The number of aromatic amines is 1. The number of hydrogen-bond donors (Lipinski definition) is 2. The van der Waals surface area contributed by atoms with Crippen LogP contribution >= 0.6 is 0 Å². The number of carbonyl (C=O) groups excluding carboxylic acids is 1. The SMILES string of the molecule is [2H]c1[nH]c2ccc(C[C@H]3COC(=O)N3)cc2c1CCN(C)C([2H])([2H])[2H]. The number of cyclic esters (lactones) is 1. The molecule has 5 nitrogen and oxygen atoms in total. The summed E-state index contributed by atoms with van der Waals surface area (Å²) in [5, 5.41) is 3.67. The van der Waals surface area contributed by atoms with Gasteiger partial charge in [0.25, 0.3) is 0 Å². The molecule has 112 valence electrons. The number of rotatable bonds is 5. The van der Waals surface area contributed by atoms with Crippen LogP contribution in [0, 0.1) is 0 Å². The number of carbonyl (C=O) groups is 1. The molecule has 2 aromatic rings. The van der Waals surface area contributed by atoms with Gasteiger partial charge in [0.15, 0.2) is 0 Å². The van der Waals surface area contributed by atoms with Crippen LogP contribution in [0.3, 0.4) is 0 Å². The Morgan fingerprint density at radius 3 is 3.24 bits per heavy atom. The zero-order valence-corrected chi connectivity index (χ0v) is 11.9. The zero-order chi connectivity index (χ0) is 18.2. The van der Waals surface area contributed by atoms with Crippen molar-refractivity contribution in [3.05, 3.63) is 35.5 Å². The van der Waals surface area contributed by atoms with E-state index in [1.807, 2.05) is 18.2 Å². The maximum Gasteiger partial charge on any atom is 0.407 e. The van der Waals surface area contributed by atoms with Crippen LogP contribution in [0.2, 0.25) is 0 Å². The Morgan fingerprint density at radius 2 is 2.48 bits per heavy atom. The van der Waals surface area contributed by atoms with Crippen LogP contribution in [0.4, 0.5) is 4.79 Å². The Morgan fingerprint density at radius 1 is 1.57 bits per heavy atom. The highest BCUT2D eigenvalue weighted by Gasteiger charge is 2.22. The number of hydrogen-bond acceptors (Lipinski definition) is 3. The second-order valence-electron chi connectivity index (χ2n) is 5.42. The number of alkyl carbamates (subject to hydrolysis) is 1. The van der Waals surface area contributed by atoms with Gasteiger partial charge in [0.05, 0.1) is 7.41 Å². The van der Waals surface area contributed by atoms with Gasteiger partial charge < -0.3 is 19.9 Å². The van der Waals surface area contributed by atoms with Gasteiger partial charge in [0, 0.05) is 27.7 Å². The first-order valence-electron chi connectivity index (χ1n) is 8.98. The summed E-state index contributed by atoms with van der Waals surface area (Å²) in [6, 6.07) is 5.82. The number of benzene rings is 1. The fraction of sp³-hybridized carbons (Fsp3) is 0.438. The molecule has 1 aliphatic rings. The highest BCUT2D eigenvalue weighted by molar-refractivity contribution is 5.84. The van der Waals surface area contributed by atoms with Gasteiger partial charge >= 0.3 is 6.09 Å². The lowest BCUT2D eigenvalue weighted by Gasteiger charge is -2.09. The average molecular weight is 291 g/mol. The van der Waals surface area contributed by atoms with Crippen molar-refractivity contribution in [1.82, 2.24) is 15.2 Å². The molecular formula is C16H21N3O2. The van der Waals surface area contributed by atoms with Crippen LogP contribution in [0.25, 0.3) is 10.9 Å². The maximum absolute atomic E-state index is 11.1. The molecule has 1 aromatic heterocycles. The summed E-state index contributed by atoms with van der Waals surface area (Å²) in [4.78, 5) is 15.5. The molecule has 2 N–H and O–H groups in total. The molecule has 0 bridgehead atoms. The Kier molecular flexibility index (Phi) is 2.71. The standard InChI is InChI=1S/C16H21N3O2/c1-19(2)6-5-12-9-17-15-4-3-11(8-14(12)15)7-13-10-21-16(20)18-13/h3-4,8-9,13,17H,5-7,10H2,1-2H3,(H,18,20)/t13-/m0/s1/i1D3,9D. The summed E-state index contributed by atoms with van der Waals surface area (Å²) in [5.74, 6) is 0. The van der Waals surface area contributed by atoms with Crippen LogP contribution in [-0.4, -0.2) is 49.2 Å². The van der Waals surface area contributed by atoms with E-state index < -0.39 is 13.1 Å². The van der Waals surface area contributed by atoms with E-state index in [1.54, 1.807) is 7.05 Å². The molecule has 0 spiro atoms. The van der Waals surface area contributed by atoms with E-state index in [0.29, 0.717) is 32.2 Å². The van der Waals surface area contributed by atoms with Gasteiger partial charge in [-0.15, -0.1) is 0 Å². The van der Waals surface area contributed by atoms with Crippen LogP contribution in [-0.2, 0) is 17.6 Å². The topological polar surface area (TPSA) is 57.4 Å². The summed E-state index contributed by atoms with van der Waals surface area (Å²) in [6.45, 7) is -1.45. The lowest BCUT2D eigenvalue weighted by atomic mass is 10.0. The fourth-order valence-electron chi connectivity index (χ4n) is 2.58. The molecule has 0 aliphatic carbocycles. The highest BCUT2D eigenvalue weighted by Crippen LogP contribution is 2.21. The van der Waals surface area contributed by atoms with Gasteiger partial charge in [0.2, 0.25) is 0 Å². The quantitative estimate of drug-likeness (QED) is 0.885. The van der Waals surface area contributed by atoms with E-state index in [4.69, 9.17) is 10.2 Å². The number of likely N-dealkylation sites (N-methyl/N-ethyl adjacent to an activating group) is 1. The number of nitrogens with zero attached hydrogens (tertiary/aromatic N) is 1. The summed E-state index contributed by atoms with van der Waals surface area (Å²) >= 11 is 0. The molecule has 1 amide bonds. The lowest BCUT2D eigenvalue weighted by molar-refractivity contribution is 0.177. The number of aromatic nitrogens is 1. The Bertz CT molecular complexity index is 788. The Labute approximate surface area is 129 Å². The van der Waals surface area contributed by atoms with Gasteiger partial charge in [0.1, 0.15) is 6.61 Å². The molecule has 0 unspecified atom stereocenters. The summed E-state index contributed by atoms with van der Waals surface area (Å²) in [7, 11) is 1.56. The molecule has 1 saturated heterocycles. The fourth-order valence-corrected chi connectivity index (χ4v) is 2.58. The van der Waals surface area contributed by atoms with E-state index in [1.165, 1.54) is 4.90 Å². The summed E-state index contributed by atoms with van der Waals surface area (Å²) in [6.07, 6.45) is 1.04. The molecule has 0 saturated carbocycles. The predicted octanol–water partition coefficient (Wildman–Crippen LogP) is 1.92. The van der Waals surface area contributed by atoms with Crippen molar-refractivity contribution < 1.29 is 15.0 Å². The number of nitrogens with one attached hydrogen (secondary N) is 2. The van der Waals surface area contributed by atoms with E-state index in [9.17, 15) is 4.79 Å². The molecule has 1 aliphatic heterocycles. The van der Waals surface area contributed by atoms with Crippen molar-refractivity contribution in [2.24, 2.45) is 0 Å². The minimum absolute atomic E-state index is 0.0514. The minimum Gasteiger partial charge on any atom is -0.447 e. The number of H-pyrrole nitrogens is 1. The third kappa shape index (κ3) is 3.19. The lowest BCUT2D eigenvalue weighted by Crippen LogP contribution is -2.28. The van der Waals surface area contributed by atoms with Gasteiger partial charge in [-0.25, -0.2) is 4.79 Å². The van der Waals surface area contributed by atoms with Crippen molar-refractivity contribution in [2.75, 3.05) is 27.2 Å². The molecule has 0 radical (unpaired) electrons. The van der Waals surface area contributed by atoms with E-state index in [-0.39, 0.29) is 6.04 Å². The zero-order valence-electron chi connectivity index (χ0n) is 15.9. The molecule has 2 heterocycles. The number of ether oxygens (including phenoxy) is 1. The second kappa shape index (κ2) is 5.77. The molecule has 3 rings (SSSR count). The van der Waals surface area contributed by atoms with Gasteiger partial charge in [-0.05, 0) is 50.1 Å². The Hall–Kier alpha value is -2.01. The maximum atomic E-state index is 11.1. The molecule has 1 fully saturated rings. The average Bonchev–Trinajstić information content (AvgIpc) is 3.06. The van der Waals surface area contributed by atoms with E-state index in [2.05, 4.69) is 10.3 Å². The third-order valence-corrected chi connectivity index (χ3v) is 3.67. The largest absolute Gasteiger partial charge is 0.447 e. The second-order valence-corrected chi connectivity index (χ2v) is 5.42. The number of fused-ring (bicyclic) bond motifs is 1. The van der Waals surface area contributed by atoms with E-state index >= 15 is 0 Å². The van der Waals surface area contributed by atoms with Crippen molar-refractivity contribution >= 4 is 17.0 Å². The molecule has 21 heavy (non-hydrogen) atoms. The first-order chi connectivity index (χ1) is 11.7. The molecular weight excluding hydrogens is 266 g/mol. The van der Waals surface area contributed by atoms with E-state index in [0.717, 1.165) is 22.0 Å². The van der Waals surface area contributed by atoms with Crippen LogP contribution < -0.4 is 5.32 Å². The van der Waals surface area contributed by atoms with Crippen LogP contribution in [0.1, 0.15) is 16.6 Å². The third-order valence-electron chi connectivity index (χ3n) is 3.67. The van der Waals surface area contributed by atoms with Gasteiger partial charge in [-0.2, -0.15) is 0 Å². The van der Waals surface area contributed by atoms with Crippen molar-refractivity contribution in [1.29, 1.82) is 0 Å². The molecule has 1 aromatic carbocycles. The van der Waals surface area contributed by atoms with Gasteiger partial charge in [-0.1, -0.05) is 6.07 Å². The first kappa shape index (κ1) is 9.84. The summed E-state index contributed by atoms with van der Waals surface area (Å²) < 4.78 is 35.3. The van der Waals surface area contributed by atoms with Crippen molar-refractivity contribution in [3.63, 3.8) is 0 Å². The molecule has 5 heteroatoms. The van der Waals surface area contributed by atoms with Gasteiger partial charge in [-0.3, -0.25) is 0 Å². The normalized spacial score (nSPS) is 21.6. The highest BCUT2D eigenvalue weighted by atomic mass is 16.6. The smallest absolute Gasteiger partial charge is 0.407 e. The van der Waals surface area contributed by atoms with Crippen molar-refractivity contribution in [3.8, 4) is 0 Å². The predicted molar refractivity (Wildman–Crippen MR) is 82.5 cm³/mol. The van der Waals surface area contributed by atoms with Crippen LogP contribution in [0.15, 0.2) is 24.4 Å². The van der Waals surface area contributed by atoms with Crippen LogP contribution in [0.5, 0.6) is 0 Å². The first-order valence-corrected chi connectivity index (χ1v) is 6.98. The monoisotopic (exact) mass is 291 g/mol. The Balaban J connectivity index is 1.79.